The smallest absolute Gasteiger partial charge is 0.0751 e. The molecule has 3 heteroatoms. The van der Waals surface area contributed by atoms with Crippen LogP contribution in [-0.2, 0) is 15.9 Å². The molecule has 1 aromatic carbocycles. The molecule has 0 amide bonds. The summed E-state index contributed by atoms with van der Waals surface area (Å²) < 4.78 is 11.1. The maximum Gasteiger partial charge on any atom is 0.0751 e. The molecule has 1 aliphatic rings. The normalized spacial score (nSPS) is 19.2. The Morgan fingerprint density at radius 2 is 2.18 bits per heavy atom. The maximum atomic E-state index is 5.81. The van der Waals surface area contributed by atoms with Gasteiger partial charge in [-0.15, -0.1) is 0 Å². The quantitative estimate of drug-likeness (QED) is 0.795. The fourth-order valence-electron chi connectivity index (χ4n) is 2.11. The second kappa shape index (κ2) is 6.62. The van der Waals surface area contributed by atoms with E-state index in [4.69, 9.17) is 9.47 Å². The number of anilines is 1. The van der Waals surface area contributed by atoms with Crippen molar-refractivity contribution in [3.05, 3.63) is 29.8 Å². The average Bonchev–Trinajstić information content (AvgIpc) is 2.58. The van der Waals surface area contributed by atoms with Gasteiger partial charge in [0.05, 0.1) is 19.3 Å². The first-order valence-corrected chi connectivity index (χ1v) is 6.41. The number of para-hydroxylation sites is 1. The van der Waals surface area contributed by atoms with Crippen LogP contribution in [0.5, 0.6) is 0 Å². The number of hydrogen-bond donors (Lipinski definition) is 1. The van der Waals surface area contributed by atoms with Crippen molar-refractivity contribution < 1.29 is 9.47 Å². The van der Waals surface area contributed by atoms with E-state index in [1.54, 1.807) is 0 Å². The highest BCUT2D eigenvalue weighted by molar-refractivity contribution is 5.51. The van der Waals surface area contributed by atoms with Gasteiger partial charge in [-0.25, -0.2) is 0 Å². The summed E-state index contributed by atoms with van der Waals surface area (Å²) in [6, 6.07) is 8.49. The van der Waals surface area contributed by atoms with Crippen molar-refractivity contribution in [3.8, 4) is 0 Å². The van der Waals surface area contributed by atoms with Crippen LogP contribution >= 0.6 is 0 Å². The standard InChI is InChI=1S/C14H21NO2/c1-2-16-9-10-17-13-8-7-12-5-3-4-6-14(12)15-11-13/h3-6,13,15H,2,7-11H2,1H3. The van der Waals surface area contributed by atoms with Crippen molar-refractivity contribution in [2.24, 2.45) is 0 Å². The number of rotatable bonds is 5. The molecule has 3 nitrogen and oxygen atoms in total. The SMILES string of the molecule is CCOCCOC1CCc2ccccc2NC1. The van der Waals surface area contributed by atoms with E-state index in [-0.39, 0.29) is 0 Å². The Hall–Kier alpha value is -1.06. The molecule has 0 radical (unpaired) electrons. The van der Waals surface area contributed by atoms with Crippen LogP contribution in [0.4, 0.5) is 5.69 Å². The Morgan fingerprint density at radius 3 is 3.06 bits per heavy atom. The number of hydrogen-bond acceptors (Lipinski definition) is 3. The Balaban J connectivity index is 1.78. The van der Waals surface area contributed by atoms with Crippen LogP contribution in [-0.4, -0.2) is 32.5 Å². The van der Waals surface area contributed by atoms with Crippen LogP contribution in [0.15, 0.2) is 24.3 Å². The van der Waals surface area contributed by atoms with Crippen molar-refractivity contribution in [3.63, 3.8) is 0 Å². The van der Waals surface area contributed by atoms with Gasteiger partial charge < -0.3 is 14.8 Å². The van der Waals surface area contributed by atoms with Gasteiger partial charge in [-0.1, -0.05) is 18.2 Å². The first-order chi connectivity index (χ1) is 8.40. The van der Waals surface area contributed by atoms with Crippen molar-refractivity contribution in [1.82, 2.24) is 0 Å². The van der Waals surface area contributed by atoms with Gasteiger partial charge in [0, 0.05) is 18.8 Å². The number of benzene rings is 1. The lowest BCUT2D eigenvalue weighted by atomic mass is 10.1. The second-order valence-electron chi connectivity index (χ2n) is 4.27. The molecular formula is C14H21NO2. The Bertz CT molecular complexity index is 314. The lowest BCUT2D eigenvalue weighted by molar-refractivity contribution is 0.0105. The molecule has 2 rings (SSSR count). The average molecular weight is 235 g/mol. The Kier molecular flexibility index (Phi) is 4.83. The van der Waals surface area contributed by atoms with Crippen LogP contribution in [0.25, 0.3) is 0 Å². The molecule has 1 aromatic rings. The van der Waals surface area contributed by atoms with Gasteiger partial charge in [-0.3, -0.25) is 0 Å². The van der Waals surface area contributed by atoms with E-state index in [9.17, 15) is 0 Å². The van der Waals surface area contributed by atoms with E-state index in [0.29, 0.717) is 19.3 Å². The lowest BCUT2D eigenvalue weighted by Gasteiger charge is -2.15. The van der Waals surface area contributed by atoms with E-state index in [0.717, 1.165) is 26.0 Å². The molecule has 0 saturated heterocycles. The summed E-state index contributed by atoms with van der Waals surface area (Å²) in [7, 11) is 0. The summed E-state index contributed by atoms with van der Waals surface area (Å²) >= 11 is 0. The van der Waals surface area contributed by atoms with E-state index in [2.05, 4.69) is 29.6 Å². The van der Waals surface area contributed by atoms with Crippen molar-refractivity contribution in [2.45, 2.75) is 25.9 Å². The number of nitrogens with one attached hydrogen (secondary N) is 1. The predicted molar refractivity (Wildman–Crippen MR) is 69.5 cm³/mol. The third kappa shape index (κ3) is 3.72. The number of aryl methyl sites for hydroxylation is 1. The van der Waals surface area contributed by atoms with Crippen LogP contribution < -0.4 is 5.32 Å². The minimum absolute atomic E-state index is 0.294. The van der Waals surface area contributed by atoms with Crippen molar-refractivity contribution in [2.75, 3.05) is 31.7 Å². The summed E-state index contributed by atoms with van der Waals surface area (Å²) in [5.74, 6) is 0. The monoisotopic (exact) mass is 235 g/mol. The molecule has 0 aromatic heterocycles. The van der Waals surface area contributed by atoms with Gasteiger partial charge in [0.2, 0.25) is 0 Å². The minimum Gasteiger partial charge on any atom is -0.382 e. The van der Waals surface area contributed by atoms with E-state index in [1.807, 2.05) is 6.92 Å². The number of fused-ring (bicyclic) bond motifs is 1. The van der Waals surface area contributed by atoms with Gasteiger partial charge in [0.1, 0.15) is 0 Å². The fourth-order valence-corrected chi connectivity index (χ4v) is 2.11. The first-order valence-electron chi connectivity index (χ1n) is 6.41. The van der Waals surface area contributed by atoms with Gasteiger partial charge in [-0.05, 0) is 31.4 Å². The highest BCUT2D eigenvalue weighted by atomic mass is 16.5. The first kappa shape index (κ1) is 12.4. The van der Waals surface area contributed by atoms with Crippen LogP contribution in [0, 0.1) is 0 Å². The number of ether oxygens (including phenoxy) is 2. The Labute approximate surface area is 103 Å². The zero-order chi connectivity index (χ0) is 11.9. The highest BCUT2D eigenvalue weighted by Crippen LogP contribution is 2.21. The third-order valence-electron chi connectivity index (χ3n) is 3.06. The molecule has 1 atom stereocenters. The van der Waals surface area contributed by atoms with Gasteiger partial charge in [0.15, 0.2) is 0 Å². The maximum absolute atomic E-state index is 5.81. The minimum atomic E-state index is 0.294. The molecule has 0 fully saturated rings. The molecule has 0 spiro atoms. The summed E-state index contributed by atoms with van der Waals surface area (Å²) in [5, 5.41) is 3.45. The lowest BCUT2D eigenvalue weighted by Crippen LogP contribution is -2.23. The van der Waals surface area contributed by atoms with E-state index < -0.39 is 0 Å². The van der Waals surface area contributed by atoms with E-state index >= 15 is 0 Å². The summed E-state index contributed by atoms with van der Waals surface area (Å²) in [6.07, 6.45) is 2.46. The Morgan fingerprint density at radius 1 is 1.29 bits per heavy atom. The predicted octanol–water partition coefficient (Wildman–Crippen LogP) is 2.47. The molecule has 1 N–H and O–H groups in total. The molecule has 0 bridgehead atoms. The molecular weight excluding hydrogens is 214 g/mol. The molecule has 1 heterocycles. The molecule has 1 unspecified atom stereocenters. The molecule has 0 aliphatic carbocycles. The molecule has 17 heavy (non-hydrogen) atoms. The molecule has 94 valence electrons. The van der Waals surface area contributed by atoms with Crippen LogP contribution in [0.2, 0.25) is 0 Å². The molecule has 1 aliphatic heterocycles. The summed E-state index contributed by atoms with van der Waals surface area (Å²) in [6.45, 7) is 5.04. The van der Waals surface area contributed by atoms with Gasteiger partial charge in [-0.2, -0.15) is 0 Å². The third-order valence-corrected chi connectivity index (χ3v) is 3.06. The fraction of sp³-hybridized carbons (Fsp3) is 0.571. The van der Waals surface area contributed by atoms with E-state index in [1.165, 1.54) is 11.3 Å². The summed E-state index contributed by atoms with van der Waals surface area (Å²) in [5.41, 5.74) is 2.65. The topological polar surface area (TPSA) is 30.5 Å². The zero-order valence-corrected chi connectivity index (χ0v) is 10.4. The van der Waals surface area contributed by atoms with Gasteiger partial charge in [0.25, 0.3) is 0 Å². The van der Waals surface area contributed by atoms with Gasteiger partial charge >= 0.3 is 0 Å². The van der Waals surface area contributed by atoms with Crippen molar-refractivity contribution in [1.29, 1.82) is 0 Å². The zero-order valence-electron chi connectivity index (χ0n) is 10.4. The molecule has 0 saturated carbocycles. The summed E-state index contributed by atoms with van der Waals surface area (Å²) in [4.78, 5) is 0. The van der Waals surface area contributed by atoms with Crippen LogP contribution in [0.1, 0.15) is 18.9 Å². The second-order valence-corrected chi connectivity index (χ2v) is 4.27. The van der Waals surface area contributed by atoms with Crippen molar-refractivity contribution >= 4 is 5.69 Å². The van der Waals surface area contributed by atoms with Crippen LogP contribution in [0.3, 0.4) is 0 Å². The highest BCUT2D eigenvalue weighted by Gasteiger charge is 2.15. The largest absolute Gasteiger partial charge is 0.382 e.